The molecule has 2 aliphatic rings. The quantitative estimate of drug-likeness (QED) is 0.381. The molecule has 0 saturated carbocycles. The van der Waals surface area contributed by atoms with Crippen LogP contribution in [0.15, 0.2) is 65.1 Å². The highest BCUT2D eigenvalue weighted by molar-refractivity contribution is 5.96. The minimum Gasteiger partial charge on any atom is -1.00 e. The van der Waals surface area contributed by atoms with Gasteiger partial charge in [0.05, 0.1) is 65.5 Å². The fraction of sp³-hybridized carbons (Fsp3) is 0.357. The Morgan fingerprint density at radius 3 is 1.26 bits per heavy atom. The monoisotopic (exact) mass is 512 g/mol. The molecule has 0 bridgehead atoms. The molecule has 0 fully saturated rings. The first-order valence-electron chi connectivity index (χ1n) is 11.9. The molecular weight excluding hydrogens is 479 g/mol. The highest BCUT2D eigenvalue weighted by Gasteiger charge is 2.25. The summed E-state index contributed by atoms with van der Waals surface area (Å²) < 4.78 is 10.9. The third-order valence-corrected chi connectivity index (χ3v) is 6.88. The van der Waals surface area contributed by atoms with Crippen LogP contribution in [0.5, 0.6) is 0 Å². The van der Waals surface area contributed by atoms with Crippen LogP contribution < -0.4 is 24.8 Å². The number of halogens is 2. The molecule has 0 aliphatic carbocycles. The Kier molecular flexibility index (Phi) is 8.68. The summed E-state index contributed by atoms with van der Waals surface area (Å²) in [6.45, 7) is 4.42. The third-order valence-electron chi connectivity index (χ3n) is 6.88. The molecule has 186 valence electrons. The van der Waals surface area contributed by atoms with Gasteiger partial charge < -0.3 is 29.2 Å². The Labute approximate surface area is 221 Å². The van der Waals surface area contributed by atoms with Crippen molar-refractivity contribution in [1.82, 2.24) is 9.80 Å². The SMILES string of the molecule is CN1CCC[N+](C)=C1c1ccc(-c2ccc(-c3ccc(C4=[N+](C)CCCN4C)cc3)o2)cc1.[Cl-].[Cl-]. The van der Waals surface area contributed by atoms with E-state index >= 15 is 0 Å². The van der Waals surface area contributed by atoms with E-state index in [9.17, 15) is 0 Å². The lowest BCUT2D eigenvalue weighted by molar-refractivity contribution is -0.507. The van der Waals surface area contributed by atoms with E-state index in [-0.39, 0.29) is 24.8 Å². The van der Waals surface area contributed by atoms with Crippen molar-refractivity contribution in [3.63, 3.8) is 0 Å². The second-order valence-corrected chi connectivity index (χ2v) is 9.36. The summed E-state index contributed by atoms with van der Waals surface area (Å²) in [6.07, 6.45) is 2.41. The van der Waals surface area contributed by atoms with Gasteiger partial charge in [0.15, 0.2) is 0 Å². The summed E-state index contributed by atoms with van der Waals surface area (Å²) in [5, 5.41) is 0. The van der Waals surface area contributed by atoms with Crippen molar-refractivity contribution in [1.29, 1.82) is 0 Å². The summed E-state index contributed by atoms with van der Waals surface area (Å²) in [5.74, 6) is 4.38. The first-order valence-corrected chi connectivity index (χ1v) is 11.9. The van der Waals surface area contributed by atoms with Gasteiger partial charge >= 0.3 is 0 Å². The predicted molar refractivity (Wildman–Crippen MR) is 134 cm³/mol. The maximum Gasteiger partial charge on any atom is 0.278 e. The number of furan rings is 1. The predicted octanol–water partition coefficient (Wildman–Crippen LogP) is -1.93. The maximum absolute atomic E-state index is 6.26. The molecule has 0 saturated heterocycles. The molecule has 7 heteroatoms. The van der Waals surface area contributed by atoms with E-state index in [1.807, 2.05) is 0 Å². The van der Waals surface area contributed by atoms with Crippen molar-refractivity contribution in [2.45, 2.75) is 12.8 Å². The Morgan fingerprint density at radius 2 is 0.914 bits per heavy atom. The zero-order chi connectivity index (χ0) is 22.9. The summed E-state index contributed by atoms with van der Waals surface area (Å²) >= 11 is 0. The molecule has 3 aromatic rings. The van der Waals surface area contributed by atoms with Gasteiger partial charge in [-0.25, -0.2) is 0 Å². The topological polar surface area (TPSA) is 25.6 Å². The van der Waals surface area contributed by atoms with Crippen molar-refractivity contribution in [3.05, 3.63) is 71.8 Å². The van der Waals surface area contributed by atoms with Crippen LogP contribution in [0, 0.1) is 0 Å². The van der Waals surface area contributed by atoms with Crippen LogP contribution >= 0.6 is 0 Å². The van der Waals surface area contributed by atoms with Gasteiger partial charge in [0.1, 0.15) is 11.5 Å². The molecule has 0 atom stereocenters. The van der Waals surface area contributed by atoms with Crippen LogP contribution in [0.3, 0.4) is 0 Å². The number of benzene rings is 2. The number of hydrogen-bond donors (Lipinski definition) is 0. The Balaban J connectivity index is 0.00000171. The van der Waals surface area contributed by atoms with Crippen molar-refractivity contribution < 1.29 is 38.4 Å². The van der Waals surface area contributed by atoms with Gasteiger partial charge in [-0.2, -0.15) is 0 Å². The van der Waals surface area contributed by atoms with E-state index in [1.165, 1.54) is 35.6 Å². The molecule has 5 rings (SSSR count). The van der Waals surface area contributed by atoms with Crippen molar-refractivity contribution in [2.24, 2.45) is 0 Å². The molecule has 0 N–H and O–H groups in total. The first kappa shape index (κ1) is 26.8. The molecule has 0 unspecified atom stereocenters. The average Bonchev–Trinajstić information content (AvgIpc) is 3.30. The second kappa shape index (κ2) is 11.3. The minimum atomic E-state index is 0. The fourth-order valence-corrected chi connectivity index (χ4v) is 5.19. The molecule has 0 spiro atoms. The zero-order valence-electron chi connectivity index (χ0n) is 21.0. The largest absolute Gasteiger partial charge is 1.00 e. The van der Waals surface area contributed by atoms with E-state index in [0.717, 1.165) is 48.8 Å². The van der Waals surface area contributed by atoms with Gasteiger partial charge in [0, 0.05) is 24.0 Å². The lowest BCUT2D eigenvalue weighted by Crippen LogP contribution is -3.00. The summed E-state index contributed by atoms with van der Waals surface area (Å²) in [5.41, 5.74) is 4.70. The summed E-state index contributed by atoms with van der Waals surface area (Å²) in [4.78, 5) is 4.68. The van der Waals surface area contributed by atoms with E-state index in [4.69, 9.17) is 4.42 Å². The molecule has 3 heterocycles. The van der Waals surface area contributed by atoms with E-state index in [1.54, 1.807) is 0 Å². The Morgan fingerprint density at radius 1 is 0.571 bits per heavy atom. The number of hydrogen-bond acceptors (Lipinski definition) is 3. The molecule has 35 heavy (non-hydrogen) atoms. The normalized spacial score (nSPS) is 16.2. The van der Waals surface area contributed by atoms with Crippen LogP contribution in [0.4, 0.5) is 0 Å². The molecule has 1 aromatic heterocycles. The molecule has 0 radical (unpaired) electrons. The smallest absolute Gasteiger partial charge is 0.278 e. The van der Waals surface area contributed by atoms with E-state index in [0.29, 0.717) is 0 Å². The standard InChI is InChI=1S/C28H34N4O.2ClH/c1-29-17-5-18-30(2)27(29)23-11-7-21(8-12-23)25-15-16-26(33-25)22-9-13-24(14-10-22)28-31(3)19-6-20-32(28)4;;/h7-16H,5-6,17-20H2,1-4H3;2*1H/q+2;;/p-2. The third kappa shape index (κ3) is 5.41. The van der Waals surface area contributed by atoms with Crippen LogP contribution in [0.1, 0.15) is 24.0 Å². The lowest BCUT2D eigenvalue weighted by atomic mass is 10.1. The van der Waals surface area contributed by atoms with Gasteiger partial charge in [-0.15, -0.1) is 0 Å². The van der Waals surface area contributed by atoms with Gasteiger partial charge in [0.2, 0.25) is 0 Å². The van der Waals surface area contributed by atoms with E-state index in [2.05, 4.69) is 108 Å². The zero-order valence-corrected chi connectivity index (χ0v) is 22.5. The summed E-state index contributed by atoms with van der Waals surface area (Å²) in [7, 11) is 8.69. The molecule has 0 amide bonds. The molecule has 2 aromatic carbocycles. The van der Waals surface area contributed by atoms with Crippen molar-refractivity contribution in [2.75, 3.05) is 54.4 Å². The highest BCUT2D eigenvalue weighted by Crippen LogP contribution is 2.29. The Bertz CT molecular complexity index is 1120. The molecule has 5 nitrogen and oxygen atoms in total. The molecular formula is C28H34Cl2N4O. The minimum absolute atomic E-state index is 0. The van der Waals surface area contributed by atoms with Crippen molar-refractivity contribution in [3.8, 4) is 22.6 Å². The van der Waals surface area contributed by atoms with E-state index < -0.39 is 0 Å². The van der Waals surface area contributed by atoms with Crippen LogP contribution in [0.2, 0.25) is 0 Å². The van der Waals surface area contributed by atoms with Crippen LogP contribution in [-0.4, -0.2) is 85.0 Å². The van der Waals surface area contributed by atoms with Crippen molar-refractivity contribution >= 4 is 11.7 Å². The van der Waals surface area contributed by atoms with Gasteiger partial charge in [-0.1, -0.05) is 24.3 Å². The average molecular weight is 514 g/mol. The first-order chi connectivity index (χ1) is 16.0. The van der Waals surface area contributed by atoms with Gasteiger partial charge in [0.25, 0.3) is 11.7 Å². The maximum atomic E-state index is 6.26. The Hall–Kier alpha value is -2.76. The number of nitrogens with zero attached hydrogens (tertiary/aromatic N) is 4. The summed E-state index contributed by atoms with van der Waals surface area (Å²) in [6, 6.07) is 21.6. The number of amidine groups is 2. The van der Waals surface area contributed by atoms with Crippen LogP contribution in [0.25, 0.3) is 22.6 Å². The van der Waals surface area contributed by atoms with Gasteiger partial charge in [-0.05, 0) is 36.4 Å². The number of rotatable bonds is 4. The lowest BCUT2D eigenvalue weighted by Gasteiger charge is -2.22. The second-order valence-electron chi connectivity index (χ2n) is 9.36. The highest BCUT2D eigenvalue weighted by atomic mass is 35.5. The van der Waals surface area contributed by atoms with Gasteiger partial charge in [-0.3, -0.25) is 19.0 Å². The fourth-order valence-electron chi connectivity index (χ4n) is 5.19. The molecule has 2 aliphatic heterocycles. The van der Waals surface area contributed by atoms with Crippen LogP contribution in [-0.2, 0) is 0 Å².